The zero-order valence-electron chi connectivity index (χ0n) is 8.88. The Balaban J connectivity index is 3.01. The average molecular weight is 173 g/mol. The summed E-state index contributed by atoms with van der Waals surface area (Å²) in [5, 5.41) is 0.293. The molecule has 0 N–H and O–H groups in total. The third kappa shape index (κ3) is 1.96. The molecule has 1 heteroatoms. The SMILES string of the molecule is C[B]C(CC)(CC)c1ccccc1. The highest BCUT2D eigenvalue weighted by molar-refractivity contribution is 6.38. The molecule has 1 rings (SSSR count). The van der Waals surface area contributed by atoms with Crippen LogP contribution in [0.1, 0.15) is 32.3 Å². The third-order valence-corrected chi connectivity index (χ3v) is 3.16. The largest absolute Gasteiger partial charge is 0.120 e. The molecule has 0 atom stereocenters. The molecule has 0 saturated carbocycles. The van der Waals surface area contributed by atoms with Crippen molar-refractivity contribution in [2.24, 2.45) is 0 Å². The molecule has 13 heavy (non-hydrogen) atoms. The van der Waals surface area contributed by atoms with E-state index in [0.717, 1.165) is 0 Å². The van der Waals surface area contributed by atoms with Crippen molar-refractivity contribution in [1.82, 2.24) is 0 Å². The van der Waals surface area contributed by atoms with Crippen LogP contribution in [-0.2, 0) is 5.31 Å². The van der Waals surface area contributed by atoms with Crippen molar-refractivity contribution in [1.29, 1.82) is 0 Å². The van der Waals surface area contributed by atoms with E-state index in [0.29, 0.717) is 5.31 Å². The molecule has 1 aromatic rings. The third-order valence-electron chi connectivity index (χ3n) is 3.16. The lowest BCUT2D eigenvalue weighted by Crippen LogP contribution is -2.30. The van der Waals surface area contributed by atoms with Crippen molar-refractivity contribution >= 4 is 7.28 Å². The van der Waals surface area contributed by atoms with Crippen LogP contribution >= 0.6 is 0 Å². The highest BCUT2D eigenvalue weighted by atomic mass is 14.2. The van der Waals surface area contributed by atoms with Crippen LogP contribution in [0.5, 0.6) is 0 Å². The Labute approximate surface area is 82.6 Å². The van der Waals surface area contributed by atoms with Gasteiger partial charge >= 0.3 is 0 Å². The molecule has 0 nitrogen and oxygen atoms in total. The van der Waals surface area contributed by atoms with Crippen LogP contribution in [0.2, 0.25) is 6.82 Å². The van der Waals surface area contributed by atoms with Gasteiger partial charge in [-0.25, -0.2) is 0 Å². The van der Waals surface area contributed by atoms with Gasteiger partial charge in [-0.1, -0.05) is 63.8 Å². The minimum Gasteiger partial charge on any atom is -0.0911 e. The van der Waals surface area contributed by atoms with Crippen molar-refractivity contribution < 1.29 is 0 Å². The summed E-state index contributed by atoms with van der Waals surface area (Å²) in [6.45, 7) is 6.69. The van der Waals surface area contributed by atoms with Gasteiger partial charge in [-0.3, -0.25) is 0 Å². The minimum absolute atomic E-state index is 0.293. The number of hydrogen-bond donors (Lipinski definition) is 0. The fourth-order valence-corrected chi connectivity index (χ4v) is 2.00. The first kappa shape index (κ1) is 10.4. The van der Waals surface area contributed by atoms with Gasteiger partial charge in [0.25, 0.3) is 0 Å². The smallest absolute Gasteiger partial charge is 0.0911 e. The van der Waals surface area contributed by atoms with Crippen LogP contribution in [-0.4, -0.2) is 7.28 Å². The van der Waals surface area contributed by atoms with Crippen LogP contribution in [0.15, 0.2) is 30.3 Å². The van der Waals surface area contributed by atoms with E-state index in [2.05, 4.69) is 58.3 Å². The summed E-state index contributed by atoms with van der Waals surface area (Å²) in [6.07, 6.45) is 2.37. The fraction of sp³-hybridized carbons (Fsp3) is 0.500. The highest BCUT2D eigenvalue weighted by Gasteiger charge is 2.25. The van der Waals surface area contributed by atoms with Gasteiger partial charge in [-0.15, -0.1) is 0 Å². The molecular formula is C12H18B. The number of rotatable bonds is 4. The zero-order valence-corrected chi connectivity index (χ0v) is 8.88. The van der Waals surface area contributed by atoms with Gasteiger partial charge in [-0.05, 0) is 10.9 Å². The molecule has 69 valence electrons. The molecule has 0 spiro atoms. The van der Waals surface area contributed by atoms with Gasteiger partial charge < -0.3 is 0 Å². The summed E-state index contributed by atoms with van der Waals surface area (Å²) < 4.78 is 0. The first-order chi connectivity index (χ1) is 6.29. The molecule has 1 aromatic carbocycles. The van der Waals surface area contributed by atoms with Crippen molar-refractivity contribution in [2.75, 3.05) is 0 Å². The molecule has 0 unspecified atom stereocenters. The fourth-order valence-electron chi connectivity index (χ4n) is 2.00. The molecule has 0 fully saturated rings. The van der Waals surface area contributed by atoms with Gasteiger partial charge in [0, 0.05) is 0 Å². The van der Waals surface area contributed by atoms with Crippen LogP contribution in [0.3, 0.4) is 0 Å². The van der Waals surface area contributed by atoms with Crippen LogP contribution < -0.4 is 0 Å². The van der Waals surface area contributed by atoms with E-state index in [4.69, 9.17) is 0 Å². The molecule has 0 aromatic heterocycles. The lowest BCUT2D eigenvalue weighted by Gasteiger charge is -2.30. The van der Waals surface area contributed by atoms with Gasteiger partial charge in [0.05, 0.1) is 0 Å². The lowest BCUT2D eigenvalue weighted by molar-refractivity contribution is 0.557. The summed E-state index contributed by atoms with van der Waals surface area (Å²) >= 11 is 0. The maximum Gasteiger partial charge on any atom is 0.120 e. The summed E-state index contributed by atoms with van der Waals surface area (Å²) in [6, 6.07) is 10.8. The Morgan fingerprint density at radius 2 is 1.62 bits per heavy atom. The second-order valence-corrected chi connectivity index (χ2v) is 3.52. The Morgan fingerprint density at radius 1 is 1.08 bits per heavy atom. The Hall–Kier alpha value is -0.715. The zero-order chi connectivity index (χ0) is 9.73. The molecule has 0 aliphatic carbocycles. The normalized spacial score (nSPS) is 11.3. The molecule has 0 amide bonds. The van der Waals surface area contributed by atoms with Crippen LogP contribution in [0, 0.1) is 0 Å². The van der Waals surface area contributed by atoms with Crippen molar-refractivity contribution in [3.8, 4) is 0 Å². The second kappa shape index (κ2) is 4.50. The topological polar surface area (TPSA) is 0 Å². The van der Waals surface area contributed by atoms with Crippen molar-refractivity contribution in [2.45, 2.75) is 38.8 Å². The van der Waals surface area contributed by atoms with E-state index in [1.54, 1.807) is 0 Å². The first-order valence-electron chi connectivity index (χ1n) is 5.15. The van der Waals surface area contributed by atoms with Crippen LogP contribution in [0.4, 0.5) is 0 Å². The predicted octanol–water partition coefficient (Wildman–Crippen LogP) is 3.45. The molecular weight excluding hydrogens is 155 g/mol. The minimum atomic E-state index is 0.293. The van der Waals surface area contributed by atoms with E-state index in [-0.39, 0.29) is 0 Å². The van der Waals surface area contributed by atoms with E-state index >= 15 is 0 Å². The number of benzene rings is 1. The molecule has 0 saturated heterocycles. The molecule has 0 heterocycles. The Bertz CT molecular complexity index is 228. The van der Waals surface area contributed by atoms with Gasteiger partial charge in [-0.2, -0.15) is 0 Å². The molecule has 0 aliphatic heterocycles. The predicted molar refractivity (Wildman–Crippen MR) is 60.3 cm³/mol. The molecule has 0 bridgehead atoms. The van der Waals surface area contributed by atoms with E-state index in [1.165, 1.54) is 18.4 Å². The van der Waals surface area contributed by atoms with E-state index in [1.807, 2.05) is 0 Å². The number of hydrogen-bond acceptors (Lipinski definition) is 0. The Kier molecular flexibility index (Phi) is 3.59. The summed E-state index contributed by atoms with van der Waals surface area (Å²) in [7, 11) is 2.34. The van der Waals surface area contributed by atoms with Gasteiger partial charge in [0.2, 0.25) is 0 Å². The maximum atomic E-state index is 2.34. The average Bonchev–Trinajstić information content (AvgIpc) is 2.23. The highest BCUT2D eigenvalue weighted by Crippen LogP contribution is 2.29. The van der Waals surface area contributed by atoms with Gasteiger partial charge in [0.15, 0.2) is 0 Å². The summed E-state index contributed by atoms with van der Waals surface area (Å²) in [4.78, 5) is 0. The van der Waals surface area contributed by atoms with E-state index in [9.17, 15) is 0 Å². The second-order valence-electron chi connectivity index (χ2n) is 3.52. The van der Waals surface area contributed by atoms with E-state index < -0.39 is 0 Å². The Morgan fingerprint density at radius 3 is 2.00 bits per heavy atom. The summed E-state index contributed by atoms with van der Waals surface area (Å²) in [5.74, 6) is 0. The quantitative estimate of drug-likeness (QED) is 0.611. The lowest BCUT2D eigenvalue weighted by atomic mass is 9.48. The van der Waals surface area contributed by atoms with Gasteiger partial charge in [0.1, 0.15) is 7.28 Å². The van der Waals surface area contributed by atoms with Crippen molar-refractivity contribution in [3.63, 3.8) is 0 Å². The standard InChI is InChI=1S/C12H18B/c1-4-12(5-2,13-3)11-9-7-6-8-10-11/h6-10H,4-5H2,1-3H3. The molecule has 1 radical (unpaired) electrons. The van der Waals surface area contributed by atoms with Crippen molar-refractivity contribution in [3.05, 3.63) is 35.9 Å². The summed E-state index contributed by atoms with van der Waals surface area (Å²) in [5.41, 5.74) is 1.45. The maximum absolute atomic E-state index is 2.34. The van der Waals surface area contributed by atoms with Crippen LogP contribution in [0.25, 0.3) is 0 Å². The first-order valence-corrected chi connectivity index (χ1v) is 5.15. The monoisotopic (exact) mass is 173 g/mol. The molecule has 0 aliphatic rings.